The fourth-order valence-electron chi connectivity index (χ4n) is 8.27. The summed E-state index contributed by atoms with van der Waals surface area (Å²) in [6.45, 7) is 0. The van der Waals surface area contributed by atoms with Gasteiger partial charge in [-0.05, 0) is 117 Å². The Bertz CT molecular complexity index is 2900. The van der Waals surface area contributed by atoms with Gasteiger partial charge in [-0.1, -0.05) is 127 Å². The lowest BCUT2D eigenvalue weighted by molar-refractivity contribution is 0.487. The minimum absolute atomic E-state index is 0.903. The van der Waals surface area contributed by atoms with Gasteiger partial charge in [-0.15, -0.1) is 0 Å². The van der Waals surface area contributed by atoms with Crippen LogP contribution in [0.1, 0.15) is 0 Å². The molecular formula is C46H26O. The van der Waals surface area contributed by atoms with Crippen LogP contribution in [0.2, 0.25) is 0 Å². The summed E-state index contributed by atoms with van der Waals surface area (Å²) in [5.74, 6) is 1.81. The highest BCUT2D eigenvalue weighted by atomic mass is 16.5. The smallest absolute Gasteiger partial charge is 0.135 e. The van der Waals surface area contributed by atoms with Crippen LogP contribution in [0.4, 0.5) is 0 Å². The SMILES string of the molecule is c1ccc(-c2ccc3c(c2)Oc2cccc4c2c-3cc2c3ccccc3c(-c3ccc5ccc6cccc7ccc3c5c67)cc42)cc1. The van der Waals surface area contributed by atoms with Crippen LogP contribution in [0.15, 0.2) is 158 Å². The zero-order valence-electron chi connectivity index (χ0n) is 25.4. The van der Waals surface area contributed by atoms with Crippen LogP contribution in [-0.4, -0.2) is 0 Å². The first-order chi connectivity index (χ1) is 23.3. The molecule has 0 fully saturated rings. The number of hydrogen-bond donors (Lipinski definition) is 0. The van der Waals surface area contributed by atoms with Gasteiger partial charge >= 0.3 is 0 Å². The lowest BCUT2D eigenvalue weighted by Crippen LogP contribution is -1.98. The Morgan fingerprint density at radius 2 is 0.936 bits per heavy atom. The van der Waals surface area contributed by atoms with Gasteiger partial charge in [-0.3, -0.25) is 0 Å². The van der Waals surface area contributed by atoms with E-state index >= 15 is 0 Å². The Labute approximate surface area is 271 Å². The van der Waals surface area contributed by atoms with Gasteiger partial charge in [0.25, 0.3) is 0 Å². The van der Waals surface area contributed by atoms with E-state index in [1.54, 1.807) is 0 Å². The molecule has 0 aromatic heterocycles. The van der Waals surface area contributed by atoms with E-state index in [0.29, 0.717) is 0 Å². The average Bonchev–Trinajstić information content (AvgIpc) is 3.14. The van der Waals surface area contributed by atoms with Gasteiger partial charge in [0, 0.05) is 10.9 Å². The van der Waals surface area contributed by atoms with Crippen LogP contribution >= 0.6 is 0 Å². The third-order valence-electron chi connectivity index (χ3n) is 10.4. The van der Waals surface area contributed by atoms with E-state index < -0.39 is 0 Å². The van der Waals surface area contributed by atoms with Gasteiger partial charge in [0.05, 0.1) is 0 Å². The highest BCUT2D eigenvalue weighted by molar-refractivity contribution is 6.29. The maximum atomic E-state index is 6.69. The predicted octanol–water partition coefficient (Wildman–Crippen LogP) is 13.2. The Morgan fingerprint density at radius 3 is 1.81 bits per heavy atom. The first-order valence-electron chi connectivity index (χ1n) is 16.3. The third kappa shape index (κ3) is 3.43. The molecule has 1 aliphatic heterocycles. The molecule has 10 aromatic rings. The third-order valence-corrected chi connectivity index (χ3v) is 10.4. The topological polar surface area (TPSA) is 9.23 Å². The van der Waals surface area contributed by atoms with Crippen LogP contribution in [0.25, 0.3) is 98.0 Å². The molecule has 11 rings (SSSR count). The number of hydrogen-bond acceptors (Lipinski definition) is 1. The summed E-state index contributed by atoms with van der Waals surface area (Å²) in [5, 5.41) is 15.3. The van der Waals surface area contributed by atoms with E-state index in [2.05, 4.69) is 158 Å². The second-order valence-electron chi connectivity index (χ2n) is 12.8. The van der Waals surface area contributed by atoms with Crippen molar-refractivity contribution in [2.75, 3.05) is 0 Å². The van der Waals surface area contributed by atoms with E-state index in [0.717, 1.165) is 22.6 Å². The summed E-state index contributed by atoms with van der Waals surface area (Å²) in [6.07, 6.45) is 0. The number of ether oxygens (including phenoxy) is 1. The highest BCUT2D eigenvalue weighted by Gasteiger charge is 2.24. The van der Waals surface area contributed by atoms with Gasteiger partial charge in [-0.2, -0.15) is 0 Å². The molecule has 10 aromatic carbocycles. The monoisotopic (exact) mass is 594 g/mol. The Hall–Kier alpha value is -6.18. The van der Waals surface area contributed by atoms with Crippen molar-refractivity contribution in [3.8, 4) is 44.9 Å². The van der Waals surface area contributed by atoms with Crippen molar-refractivity contribution < 1.29 is 4.74 Å². The van der Waals surface area contributed by atoms with Gasteiger partial charge in [0.15, 0.2) is 0 Å². The highest BCUT2D eigenvalue weighted by Crippen LogP contribution is 2.51. The summed E-state index contributed by atoms with van der Waals surface area (Å²) >= 11 is 0. The van der Waals surface area contributed by atoms with E-state index in [1.807, 2.05) is 0 Å². The molecule has 47 heavy (non-hydrogen) atoms. The van der Waals surface area contributed by atoms with Crippen molar-refractivity contribution in [1.82, 2.24) is 0 Å². The maximum absolute atomic E-state index is 6.69. The molecule has 0 radical (unpaired) electrons. The molecule has 0 unspecified atom stereocenters. The maximum Gasteiger partial charge on any atom is 0.135 e. The molecule has 0 amide bonds. The summed E-state index contributed by atoms with van der Waals surface area (Å²) in [6, 6.07) is 57.8. The summed E-state index contributed by atoms with van der Waals surface area (Å²) in [4.78, 5) is 0. The van der Waals surface area contributed by atoms with Gasteiger partial charge < -0.3 is 4.74 Å². The van der Waals surface area contributed by atoms with E-state index in [4.69, 9.17) is 4.74 Å². The lowest BCUT2D eigenvalue weighted by atomic mass is 9.84. The first kappa shape index (κ1) is 25.1. The summed E-state index contributed by atoms with van der Waals surface area (Å²) in [7, 11) is 0. The van der Waals surface area contributed by atoms with Crippen molar-refractivity contribution in [1.29, 1.82) is 0 Å². The number of benzene rings is 10. The van der Waals surface area contributed by atoms with Crippen molar-refractivity contribution >= 4 is 64.6 Å². The van der Waals surface area contributed by atoms with Crippen molar-refractivity contribution in [3.63, 3.8) is 0 Å². The Kier molecular flexibility index (Phi) is 4.90. The average molecular weight is 595 g/mol. The minimum atomic E-state index is 0.903. The molecule has 0 saturated heterocycles. The van der Waals surface area contributed by atoms with Gasteiger partial charge in [0.1, 0.15) is 11.5 Å². The molecule has 0 atom stereocenters. The molecule has 216 valence electrons. The molecule has 1 nitrogen and oxygen atoms in total. The fourth-order valence-corrected chi connectivity index (χ4v) is 8.27. The minimum Gasteiger partial charge on any atom is -0.456 e. The van der Waals surface area contributed by atoms with Crippen LogP contribution in [0.5, 0.6) is 11.5 Å². The van der Waals surface area contributed by atoms with Gasteiger partial charge in [0.2, 0.25) is 0 Å². The molecule has 0 spiro atoms. The lowest BCUT2D eigenvalue weighted by Gasteiger charge is -2.24. The van der Waals surface area contributed by atoms with E-state index in [9.17, 15) is 0 Å². The van der Waals surface area contributed by atoms with Gasteiger partial charge in [-0.25, -0.2) is 0 Å². The van der Waals surface area contributed by atoms with E-state index in [-0.39, 0.29) is 0 Å². The number of rotatable bonds is 2. The molecule has 0 N–H and O–H groups in total. The molecule has 0 bridgehead atoms. The van der Waals surface area contributed by atoms with E-state index in [1.165, 1.54) is 86.9 Å². The van der Waals surface area contributed by atoms with Crippen LogP contribution in [0, 0.1) is 0 Å². The van der Waals surface area contributed by atoms with Crippen LogP contribution in [-0.2, 0) is 0 Å². The van der Waals surface area contributed by atoms with Crippen molar-refractivity contribution in [2.45, 2.75) is 0 Å². The van der Waals surface area contributed by atoms with Crippen LogP contribution in [0.3, 0.4) is 0 Å². The first-order valence-corrected chi connectivity index (χ1v) is 16.3. The molecular weight excluding hydrogens is 569 g/mol. The van der Waals surface area contributed by atoms with Crippen molar-refractivity contribution in [2.24, 2.45) is 0 Å². The molecule has 0 saturated carbocycles. The zero-order chi connectivity index (χ0) is 30.6. The number of fused-ring (bicyclic) bond motifs is 6. The molecule has 1 heteroatoms. The Balaban J connectivity index is 1.22. The molecule has 1 aliphatic rings. The largest absolute Gasteiger partial charge is 0.456 e. The van der Waals surface area contributed by atoms with Crippen LogP contribution < -0.4 is 4.74 Å². The quantitative estimate of drug-likeness (QED) is 0.181. The second kappa shape index (κ2) is 9.19. The normalized spacial score (nSPS) is 12.4. The second-order valence-corrected chi connectivity index (χ2v) is 12.8. The molecule has 1 heterocycles. The summed E-state index contributed by atoms with van der Waals surface area (Å²) < 4.78 is 6.69. The standard InChI is InChI=1S/C46H26O/c1-2-8-27(9-3-1)31-20-22-35-41-26-39-33-13-5-4-12-32(33)38(25-40(39)36-14-7-15-42(46(36)41)47-43(35)24-31)34-21-18-30-17-16-28-10-6-11-29-19-23-37(34)45(30)44(28)29/h1-26H. The predicted molar refractivity (Wildman–Crippen MR) is 199 cm³/mol. The summed E-state index contributed by atoms with van der Waals surface area (Å²) in [5.41, 5.74) is 7.23. The van der Waals surface area contributed by atoms with Crippen molar-refractivity contribution in [3.05, 3.63) is 158 Å². The fraction of sp³-hybridized carbons (Fsp3) is 0. The molecule has 0 aliphatic carbocycles. The zero-order valence-corrected chi connectivity index (χ0v) is 25.4. The Morgan fingerprint density at radius 1 is 0.277 bits per heavy atom.